The normalized spacial score (nSPS) is 21.2. The Morgan fingerprint density at radius 1 is 1.58 bits per heavy atom. The molecule has 1 N–H and O–H groups in total. The average Bonchev–Trinajstić information content (AvgIpc) is 2.30. The van der Waals surface area contributed by atoms with E-state index in [1.807, 2.05) is 0 Å². The molecule has 0 atom stereocenters. The quantitative estimate of drug-likeness (QED) is 0.467. The summed E-state index contributed by atoms with van der Waals surface area (Å²) in [6.07, 6.45) is 0.189. The third-order valence-corrected chi connectivity index (χ3v) is 1.74. The monoisotopic (exact) mass is 169 g/mol. The van der Waals surface area contributed by atoms with Gasteiger partial charge in [0.2, 0.25) is 5.91 Å². The second-order valence-electron chi connectivity index (χ2n) is 2.75. The van der Waals surface area contributed by atoms with Gasteiger partial charge in [-0.3, -0.25) is 14.9 Å². The SMILES string of the molecule is COCC(C)=C1CC(=O)NC1=O. The molecular formula is C8H11NO3. The zero-order chi connectivity index (χ0) is 9.14. The topological polar surface area (TPSA) is 55.4 Å². The van der Waals surface area contributed by atoms with Crippen molar-refractivity contribution in [2.24, 2.45) is 0 Å². The average molecular weight is 169 g/mol. The van der Waals surface area contributed by atoms with Gasteiger partial charge in [-0.25, -0.2) is 0 Å². The lowest BCUT2D eigenvalue weighted by atomic mass is 10.1. The first-order valence-electron chi connectivity index (χ1n) is 3.67. The Balaban J connectivity index is 2.80. The summed E-state index contributed by atoms with van der Waals surface area (Å²) in [6.45, 7) is 2.19. The van der Waals surface area contributed by atoms with Crippen LogP contribution in [0.5, 0.6) is 0 Å². The molecule has 0 aromatic heterocycles. The van der Waals surface area contributed by atoms with Gasteiger partial charge in [0.25, 0.3) is 5.91 Å². The fourth-order valence-electron chi connectivity index (χ4n) is 1.14. The first-order valence-corrected chi connectivity index (χ1v) is 3.67. The lowest BCUT2D eigenvalue weighted by Gasteiger charge is -2.00. The number of methoxy groups -OCH3 is 1. The number of carbonyl (C=O) groups excluding carboxylic acids is 2. The van der Waals surface area contributed by atoms with E-state index in [9.17, 15) is 9.59 Å². The highest BCUT2D eigenvalue weighted by molar-refractivity contribution is 6.13. The number of rotatable bonds is 2. The summed E-state index contributed by atoms with van der Waals surface area (Å²) in [6, 6.07) is 0. The van der Waals surface area contributed by atoms with Crippen LogP contribution >= 0.6 is 0 Å². The van der Waals surface area contributed by atoms with Crippen LogP contribution in [0.3, 0.4) is 0 Å². The van der Waals surface area contributed by atoms with Crippen LogP contribution in [0, 0.1) is 0 Å². The molecule has 0 saturated carbocycles. The number of carbonyl (C=O) groups is 2. The third kappa shape index (κ3) is 1.71. The van der Waals surface area contributed by atoms with Crippen molar-refractivity contribution >= 4 is 11.8 Å². The lowest BCUT2D eigenvalue weighted by molar-refractivity contribution is -0.124. The van der Waals surface area contributed by atoms with E-state index in [0.29, 0.717) is 12.2 Å². The number of ether oxygens (including phenoxy) is 1. The summed E-state index contributed by atoms with van der Waals surface area (Å²) in [5, 5.41) is 2.21. The highest BCUT2D eigenvalue weighted by Gasteiger charge is 2.25. The van der Waals surface area contributed by atoms with E-state index >= 15 is 0 Å². The van der Waals surface area contributed by atoms with Crippen LogP contribution in [0.15, 0.2) is 11.1 Å². The van der Waals surface area contributed by atoms with Crippen molar-refractivity contribution in [2.75, 3.05) is 13.7 Å². The molecule has 12 heavy (non-hydrogen) atoms. The minimum absolute atomic E-state index is 0.189. The number of amides is 2. The van der Waals surface area contributed by atoms with E-state index in [2.05, 4.69) is 5.32 Å². The highest BCUT2D eigenvalue weighted by Crippen LogP contribution is 2.14. The molecule has 0 radical (unpaired) electrons. The Morgan fingerprint density at radius 3 is 2.67 bits per heavy atom. The minimum Gasteiger partial charge on any atom is -0.380 e. The fourth-order valence-corrected chi connectivity index (χ4v) is 1.14. The first kappa shape index (κ1) is 8.93. The second-order valence-corrected chi connectivity index (χ2v) is 2.75. The number of hydrogen-bond acceptors (Lipinski definition) is 3. The molecule has 0 aromatic rings. The van der Waals surface area contributed by atoms with Crippen LogP contribution in [-0.2, 0) is 14.3 Å². The summed E-state index contributed by atoms with van der Waals surface area (Å²) in [5.41, 5.74) is 1.36. The molecule has 4 nitrogen and oxygen atoms in total. The van der Waals surface area contributed by atoms with Crippen molar-refractivity contribution in [3.05, 3.63) is 11.1 Å². The Hall–Kier alpha value is -1.16. The van der Waals surface area contributed by atoms with Crippen molar-refractivity contribution in [1.82, 2.24) is 5.32 Å². The van der Waals surface area contributed by atoms with E-state index in [1.54, 1.807) is 14.0 Å². The lowest BCUT2D eigenvalue weighted by Crippen LogP contribution is -2.19. The standard InChI is InChI=1S/C8H11NO3/c1-5(4-12-2)6-3-7(10)9-8(6)11/h3-4H2,1-2H3,(H,9,10,11). The summed E-state index contributed by atoms with van der Waals surface area (Å²) < 4.78 is 4.85. The number of nitrogens with one attached hydrogen (secondary N) is 1. The zero-order valence-corrected chi connectivity index (χ0v) is 7.14. The molecule has 0 aliphatic carbocycles. The minimum atomic E-state index is -0.283. The van der Waals surface area contributed by atoms with Gasteiger partial charge in [0, 0.05) is 12.7 Å². The fraction of sp³-hybridized carbons (Fsp3) is 0.500. The van der Waals surface area contributed by atoms with Gasteiger partial charge in [0.15, 0.2) is 0 Å². The summed E-state index contributed by atoms with van der Waals surface area (Å²) in [5.74, 6) is -0.514. The molecule has 0 aromatic carbocycles. The Bertz CT molecular complexity index is 255. The molecule has 4 heteroatoms. The van der Waals surface area contributed by atoms with Crippen molar-refractivity contribution in [3.8, 4) is 0 Å². The predicted molar refractivity (Wildman–Crippen MR) is 42.3 cm³/mol. The van der Waals surface area contributed by atoms with Crippen LogP contribution in [0.25, 0.3) is 0 Å². The summed E-state index contributed by atoms with van der Waals surface area (Å²) in [7, 11) is 1.55. The van der Waals surface area contributed by atoms with Gasteiger partial charge in [0.1, 0.15) is 0 Å². The predicted octanol–water partition coefficient (Wildman–Crippen LogP) is -0.00420. The van der Waals surface area contributed by atoms with Gasteiger partial charge in [0.05, 0.1) is 13.0 Å². The molecule has 0 spiro atoms. The molecule has 1 fully saturated rings. The van der Waals surface area contributed by atoms with E-state index < -0.39 is 0 Å². The molecule has 1 aliphatic rings. The number of imide groups is 1. The first-order chi connectivity index (χ1) is 5.65. The summed E-state index contributed by atoms with van der Waals surface area (Å²) in [4.78, 5) is 21.8. The van der Waals surface area contributed by atoms with Gasteiger partial charge in [-0.2, -0.15) is 0 Å². The van der Waals surface area contributed by atoms with Gasteiger partial charge >= 0.3 is 0 Å². The highest BCUT2D eigenvalue weighted by atomic mass is 16.5. The Labute approximate surface area is 70.6 Å². The van der Waals surface area contributed by atoms with Gasteiger partial charge < -0.3 is 4.74 Å². The number of hydrogen-bond donors (Lipinski definition) is 1. The molecule has 1 rings (SSSR count). The Morgan fingerprint density at radius 2 is 2.25 bits per heavy atom. The molecule has 0 unspecified atom stereocenters. The second kappa shape index (κ2) is 3.49. The van der Waals surface area contributed by atoms with E-state index in [0.717, 1.165) is 5.57 Å². The molecule has 66 valence electrons. The van der Waals surface area contributed by atoms with E-state index in [1.165, 1.54) is 0 Å². The molecule has 1 heterocycles. The molecular weight excluding hydrogens is 158 g/mol. The van der Waals surface area contributed by atoms with E-state index in [4.69, 9.17) is 4.74 Å². The van der Waals surface area contributed by atoms with Crippen molar-refractivity contribution in [2.45, 2.75) is 13.3 Å². The van der Waals surface area contributed by atoms with Crippen LogP contribution in [0.4, 0.5) is 0 Å². The van der Waals surface area contributed by atoms with E-state index in [-0.39, 0.29) is 18.2 Å². The third-order valence-electron chi connectivity index (χ3n) is 1.74. The maximum absolute atomic E-state index is 11.1. The molecule has 1 aliphatic heterocycles. The smallest absolute Gasteiger partial charge is 0.254 e. The maximum Gasteiger partial charge on any atom is 0.254 e. The zero-order valence-electron chi connectivity index (χ0n) is 7.14. The summed E-state index contributed by atoms with van der Waals surface area (Å²) >= 11 is 0. The largest absolute Gasteiger partial charge is 0.380 e. The van der Waals surface area contributed by atoms with Crippen LogP contribution in [0.2, 0.25) is 0 Å². The molecule has 0 bridgehead atoms. The van der Waals surface area contributed by atoms with Crippen molar-refractivity contribution < 1.29 is 14.3 Å². The van der Waals surface area contributed by atoms with Crippen molar-refractivity contribution in [3.63, 3.8) is 0 Å². The van der Waals surface area contributed by atoms with Crippen LogP contribution < -0.4 is 5.32 Å². The maximum atomic E-state index is 11.1. The van der Waals surface area contributed by atoms with Gasteiger partial charge in [-0.15, -0.1) is 0 Å². The van der Waals surface area contributed by atoms with Gasteiger partial charge in [-0.05, 0) is 12.5 Å². The molecule has 1 saturated heterocycles. The van der Waals surface area contributed by atoms with Crippen molar-refractivity contribution in [1.29, 1.82) is 0 Å². The molecule has 2 amide bonds. The van der Waals surface area contributed by atoms with Crippen LogP contribution in [0.1, 0.15) is 13.3 Å². The van der Waals surface area contributed by atoms with Gasteiger partial charge in [-0.1, -0.05) is 0 Å². The Kier molecular flexibility index (Phi) is 2.60. The van der Waals surface area contributed by atoms with Crippen LogP contribution in [-0.4, -0.2) is 25.5 Å².